The third-order valence-corrected chi connectivity index (χ3v) is 2.61. The molecule has 0 saturated heterocycles. The second kappa shape index (κ2) is 5.59. The van der Waals surface area contributed by atoms with Crippen LogP contribution in [0.1, 0.15) is 11.4 Å². The van der Waals surface area contributed by atoms with Crippen molar-refractivity contribution in [3.05, 3.63) is 35.4 Å². The van der Waals surface area contributed by atoms with Crippen molar-refractivity contribution >= 4 is 0 Å². The summed E-state index contributed by atoms with van der Waals surface area (Å²) in [5.41, 5.74) is 0.247. The molecule has 0 N–H and O–H groups in total. The minimum Gasteiger partial charge on any atom is -0.334 e. The maximum atomic E-state index is 13.5. The van der Waals surface area contributed by atoms with E-state index in [9.17, 15) is 4.39 Å². The van der Waals surface area contributed by atoms with Gasteiger partial charge in [0.15, 0.2) is 5.82 Å². The van der Waals surface area contributed by atoms with Crippen LogP contribution in [0, 0.1) is 17.1 Å². The highest BCUT2D eigenvalue weighted by Crippen LogP contribution is 2.23. The van der Waals surface area contributed by atoms with Crippen LogP contribution in [0.25, 0.3) is 11.5 Å². The van der Waals surface area contributed by atoms with Gasteiger partial charge in [0, 0.05) is 13.0 Å². The van der Waals surface area contributed by atoms with Gasteiger partial charge in [0.25, 0.3) is 5.89 Å². The third-order valence-electron chi connectivity index (χ3n) is 2.61. The van der Waals surface area contributed by atoms with Crippen molar-refractivity contribution in [3.8, 4) is 17.5 Å². The summed E-state index contributed by atoms with van der Waals surface area (Å²) in [6.45, 7) is 0.785. The monoisotopic (exact) mass is 260 g/mol. The average Bonchev–Trinajstić information content (AvgIpc) is 2.84. The first kappa shape index (κ1) is 13.2. The molecule has 0 atom stereocenters. The lowest BCUT2D eigenvalue weighted by Crippen LogP contribution is -2.15. The van der Waals surface area contributed by atoms with Gasteiger partial charge in [-0.05, 0) is 26.2 Å². The van der Waals surface area contributed by atoms with Crippen molar-refractivity contribution in [2.45, 2.75) is 6.42 Å². The highest BCUT2D eigenvalue weighted by atomic mass is 19.1. The summed E-state index contributed by atoms with van der Waals surface area (Å²) < 4.78 is 18.6. The van der Waals surface area contributed by atoms with E-state index in [2.05, 4.69) is 10.1 Å². The molecular weight excluding hydrogens is 247 g/mol. The Morgan fingerprint density at radius 1 is 1.42 bits per heavy atom. The minimum absolute atomic E-state index is 0.0784. The fourth-order valence-corrected chi connectivity index (χ4v) is 1.60. The number of benzene rings is 1. The lowest BCUT2D eigenvalue weighted by molar-refractivity contribution is 0.392. The number of hydrogen-bond donors (Lipinski definition) is 0. The summed E-state index contributed by atoms with van der Waals surface area (Å²) in [7, 11) is 3.89. The Hall–Kier alpha value is -2.26. The second-order valence-corrected chi connectivity index (χ2v) is 4.34. The molecule has 1 aromatic carbocycles. The molecule has 2 rings (SSSR count). The Balaban J connectivity index is 2.29. The van der Waals surface area contributed by atoms with E-state index in [4.69, 9.17) is 9.78 Å². The van der Waals surface area contributed by atoms with Gasteiger partial charge in [-0.25, -0.2) is 4.39 Å². The zero-order valence-corrected chi connectivity index (χ0v) is 10.7. The van der Waals surface area contributed by atoms with Gasteiger partial charge in [0.1, 0.15) is 17.4 Å². The van der Waals surface area contributed by atoms with Crippen LogP contribution in [0.15, 0.2) is 22.7 Å². The molecule has 0 aliphatic heterocycles. The van der Waals surface area contributed by atoms with Gasteiger partial charge < -0.3 is 9.42 Å². The number of nitriles is 1. The Bertz CT molecular complexity index is 615. The first-order valence-electron chi connectivity index (χ1n) is 5.78. The first-order chi connectivity index (χ1) is 9.11. The quantitative estimate of drug-likeness (QED) is 0.839. The fourth-order valence-electron chi connectivity index (χ4n) is 1.60. The Morgan fingerprint density at radius 3 is 2.89 bits per heavy atom. The van der Waals surface area contributed by atoms with Crippen LogP contribution in [-0.4, -0.2) is 35.7 Å². The molecule has 0 aliphatic carbocycles. The number of hydrogen-bond acceptors (Lipinski definition) is 5. The van der Waals surface area contributed by atoms with E-state index in [1.165, 1.54) is 12.1 Å². The van der Waals surface area contributed by atoms with Gasteiger partial charge in [0.05, 0.1) is 5.56 Å². The Morgan fingerprint density at radius 2 is 2.21 bits per heavy atom. The lowest BCUT2D eigenvalue weighted by atomic mass is 10.1. The fraction of sp³-hybridized carbons (Fsp3) is 0.308. The minimum atomic E-state index is -0.590. The normalized spacial score (nSPS) is 10.7. The molecule has 1 heterocycles. The number of halogens is 1. The Labute approximate surface area is 110 Å². The number of likely N-dealkylation sites (N-methyl/N-ethyl adjacent to an activating group) is 1. The van der Waals surface area contributed by atoms with Crippen LogP contribution >= 0.6 is 0 Å². The SMILES string of the molecule is CN(C)CCc1noc(-c2cccc(F)c2C#N)n1. The van der Waals surface area contributed by atoms with Gasteiger partial charge in [-0.2, -0.15) is 10.2 Å². The van der Waals surface area contributed by atoms with Gasteiger partial charge in [-0.1, -0.05) is 11.2 Å². The van der Waals surface area contributed by atoms with Gasteiger partial charge in [0.2, 0.25) is 0 Å². The molecule has 0 spiro atoms. The van der Waals surface area contributed by atoms with Crippen molar-refractivity contribution in [1.82, 2.24) is 15.0 Å². The van der Waals surface area contributed by atoms with Crippen molar-refractivity contribution in [2.24, 2.45) is 0 Å². The maximum Gasteiger partial charge on any atom is 0.259 e. The van der Waals surface area contributed by atoms with Crippen LogP contribution in [0.4, 0.5) is 4.39 Å². The molecule has 0 aliphatic rings. The molecule has 2 aromatic rings. The second-order valence-electron chi connectivity index (χ2n) is 4.34. The van der Waals surface area contributed by atoms with Crippen molar-refractivity contribution in [3.63, 3.8) is 0 Å². The smallest absolute Gasteiger partial charge is 0.259 e. The first-order valence-corrected chi connectivity index (χ1v) is 5.78. The summed E-state index contributed by atoms with van der Waals surface area (Å²) in [6.07, 6.45) is 0.633. The zero-order chi connectivity index (χ0) is 13.8. The summed E-state index contributed by atoms with van der Waals surface area (Å²) in [5.74, 6) is 0.120. The van der Waals surface area contributed by atoms with Crippen LogP contribution in [-0.2, 0) is 6.42 Å². The molecule has 0 bridgehead atoms. The van der Waals surface area contributed by atoms with Crippen LogP contribution in [0.2, 0.25) is 0 Å². The summed E-state index contributed by atoms with van der Waals surface area (Å²) in [6, 6.07) is 6.14. The van der Waals surface area contributed by atoms with E-state index < -0.39 is 5.82 Å². The van der Waals surface area contributed by atoms with Crippen LogP contribution in [0.5, 0.6) is 0 Å². The molecule has 0 fully saturated rings. The highest BCUT2D eigenvalue weighted by Gasteiger charge is 2.15. The van der Waals surface area contributed by atoms with E-state index in [1.807, 2.05) is 25.1 Å². The van der Waals surface area contributed by atoms with Crippen molar-refractivity contribution in [1.29, 1.82) is 5.26 Å². The third kappa shape index (κ3) is 2.95. The Kier molecular flexibility index (Phi) is 3.88. The zero-order valence-electron chi connectivity index (χ0n) is 10.7. The molecule has 19 heavy (non-hydrogen) atoms. The van der Waals surface area contributed by atoms with Crippen LogP contribution < -0.4 is 0 Å². The molecule has 0 radical (unpaired) electrons. The van der Waals surface area contributed by atoms with Gasteiger partial charge >= 0.3 is 0 Å². The maximum absolute atomic E-state index is 13.5. The van der Waals surface area contributed by atoms with E-state index >= 15 is 0 Å². The van der Waals surface area contributed by atoms with E-state index in [1.54, 1.807) is 6.07 Å². The van der Waals surface area contributed by atoms with E-state index in [-0.39, 0.29) is 11.5 Å². The summed E-state index contributed by atoms with van der Waals surface area (Å²) in [5, 5.41) is 12.8. The van der Waals surface area contributed by atoms with Crippen LogP contribution in [0.3, 0.4) is 0 Å². The number of rotatable bonds is 4. The summed E-state index contributed by atoms with van der Waals surface area (Å²) in [4.78, 5) is 6.18. The highest BCUT2D eigenvalue weighted by molar-refractivity contribution is 5.63. The standard InChI is InChI=1S/C13H13FN4O/c1-18(2)7-6-12-16-13(19-17-12)9-4-3-5-11(14)10(9)8-15/h3-5H,6-7H2,1-2H3. The summed E-state index contributed by atoms with van der Waals surface area (Å²) >= 11 is 0. The largest absolute Gasteiger partial charge is 0.334 e. The molecule has 0 unspecified atom stereocenters. The van der Waals surface area contributed by atoms with E-state index in [0.717, 1.165) is 6.54 Å². The predicted octanol–water partition coefficient (Wildman–Crippen LogP) is 1.85. The topological polar surface area (TPSA) is 66.0 Å². The number of aromatic nitrogens is 2. The average molecular weight is 260 g/mol. The lowest BCUT2D eigenvalue weighted by Gasteiger charge is -2.05. The van der Waals surface area contributed by atoms with Gasteiger partial charge in [-0.3, -0.25) is 0 Å². The molecule has 98 valence electrons. The van der Waals surface area contributed by atoms with Crippen molar-refractivity contribution < 1.29 is 8.91 Å². The molecular formula is C13H13FN4O. The molecule has 6 heteroatoms. The van der Waals surface area contributed by atoms with Gasteiger partial charge in [-0.15, -0.1) is 0 Å². The predicted molar refractivity (Wildman–Crippen MR) is 66.7 cm³/mol. The molecule has 1 aromatic heterocycles. The van der Waals surface area contributed by atoms with E-state index in [0.29, 0.717) is 17.8 Å². The molecule has 5 nitrogen and oxygen atoms in total. The molecule has 0 amide bonds. The van der Waals surface area contributed by atoms with Crippen molar-refractivity contribution in [2.75, 3.05) is 20.6 Å². The molecule has 0 saturated carbocycles. The number of nitrogens with zero attached hydrogens (tertiary/aromatic N) is 4.